The number of halogens is 1. The molecule has 1 amide bonds. The minimum Gasteiger partial charge on any atom is -0.481 e. The van der Waals surface area contributed by atoms with Crippen molar-refractivity contribution in [3.63, 3.8) is 0 Å². The molecule has 0 aliphatic heterocycles. The number of hydrogen-bond acceptors (Lipinski definition) is 6. The van der Waals surface area contributed by atoms with E-state index in [1.807, 2.05) is 12.1 Å². The first-order valence-corrected chi connectivity index (χ1v) is 8.98. The summed E-state index contributed by atoms with van der Waals surface area (Å²) in [7, 11) is 0. The van der Waals surface area contributed by atoms with Gasteiger partial charge in [0.2, 0.25) is 5.13 Å². The molecule has 1 aromatic heterocycles. The van der Waals surface area contributed by atoms with Crippen LogP contribution in [0.1, 0.15) is 6.92 Å². The van der Waals surface area contributed by atoms with Crippen LogP contribution in [0, 0.1) is 0 Å². The zero-order valence-corrected chi connectivity index (χ0v) is 15.0. The summed E-state index contributed by atoms with van der Waals surface area (Å²) in [6.07, 6.45) is 1.16. The van der Waals surface area contributed by atoms with E-state index < -0.39 is 6.10 Å². The highest BCUT2D eigenvalue weighted by Crippen LogP contribution is 2.25. The maximum atomic E-state index is 12.1. The molecule has 0 saturated heterocycles. The average Bonchev–Trinajstić information content (AvgIpc) is 2.95. The summed E-state index contributed by atoms with van der Waals surface area (Å²) in [6.45, 7) is 5.33. The maximum absolute atomic E-state index is 12.1. The van der Waals surface area contributed by atoms with Gasteiger partial charge in [-0.25, -0.2) is 0 Å². The molecule has 2 aromatic rings. The summed E-state index contributed by atoms with van der Waals surface area (Å²) in [5.74, 6) is 1.12. The molecule has 1 N–H and O–H groups in total. The Morgan fingerprint density at radius 2 is 2.23 bits per heavy atom. The number of carbonyl (C=O) groups excluding carboxylic acids is 1. The van der Waals surface area contributed by atoms with E-state index in [-0.39, 0.29) is 5.91 Å². The largest absolute Gasteiger partial charge is 0.481 e. The van der Waals surface area contributed by atoms with E-state index in [1.54, 1.807) is 25.1 Å². The summed E-state index contributed by atoms with van der Waals surface area (Å²) >= 11 is 6.19. The highest BCUT2D eigenvalue weighted by atomic mass is 79.9. The van der Waals surface area contributed by atoms with Crippen molar-refractivity contribution in [2.75, 3.05) is 11.1 Å². The van der Waals surface area contributed by atoms with Crippen molar-refractivity contribution in [2.45, 2.75) is 17.4 Å². The van der Waals surface area contributed by atoms with Crippen LogP contribution in [0.3, 0.4) is 0 Å². The fourth-order valence-corrected chi connectivity index (χ4v) is 3.21. The zero-order chi connectivity index (χ0) is 15.9. The van der Waals surface area contributed by atoms with E-state index in [4.69, 9.17) is 4.74 Å². The third-order valence-electron chi connectivity index (χ3n) is 2.46. The lowest BCUT2D eigenvalue weighted by molar-refractivity contribution is -0.122. The zero-order valence-electron chi connectivity index (χ0n) is 11.8. The standard InChI is InChI=1S/C14H14BrN3O2S2/c1-3-8-21-14-18-17-13(22-14)16-12(19)9(2)20-11-6-4-10(15)5-7-11/h3-7,9H,1,8H2,2H3,(H,16,17,19)/t9-/m0/s1. The molecule has 1 atom stereocenters. The van der Waals surface area contributed by atoms with Gasteiger partial charge in [0.25, 0.3) is 5.91 Å². The van der Waals surface area contributed by atoms with Crippen LogP contribution < -0.4 is 10.1 Å². The van der Waals surface area contributed by atoms with Crippen LogP contribution in [0.5, 0.6) is 5.75 Å². The van der Waals surface area contributed by atoms with Gasteiger partial charge in [0.1, 0.15) is 5.75 Å². The third kappa shape index (κ3) is 5.11. The Hall–Kier alpha value is -1.38. The molecule has 0 radical (unpaired) electrons. The molecule has 0 bridgehead atoms. The minimum atomic E-state index is -0.630. The van der Waals surface area contributed by atoms with E-state index in [9.17, 15) is 4.79 Å². The lowest BCUT2D eigenvalue weighted by Crippen LogP contribution is -2.30. The molecule has 8 heteroatoms. The van der Waals surface area contributed by atoms with Crippen LogP contribution >= 0.6 is 39.0 Å². The van der Waals surface area contributed by atoms with E-state index in [2.05, 4.69) is 38.0 Å². The molecule has 0 spiro atoms. The Labute approximate surface area is 145 Å². The molecule has 0 unspecified atom stereocenters. The first-order valence-electron chi connectivity index (χ1n) is 6.39. The predicted molar refractivity (Wildman–Crippen MR) is 93.7 cm³/mol. The summed E-state index contributed by atoms with van der Waals surface area (Å²) in [5, 5.41) is 11.1. The van der Waals surface area contributed by atoms with Gasteiger partial charge in [0.05, 0.1) is 0 Å². The summed E-state index contributed by atoms with van der Waals surface area (Å²) in [4.78, 5) is 12.1. The van der Waals surface area contributed by atoms with Crippen LogP contribution in [-0.4, -0.2) is 28.0 Å². The van der Waals surface area contributed by atoms with Crippen LogP contribution in [0.25, 0.3) is 0 Å². The summed E-state index contributed by atoms with van der Waals surface area (Å²) < 4.78 is 7.32. The predicted octanol–water partition coefficient (Wildman–Crippen LogP) is 3.98. The number of ether oxygens (including phenoxy) is 1. The second kappa shape index (κ2) is 8.30. The topological polar surface area (TPSA) is 64.1 Å². The number of hydrogen-bond donors (Lipinski definition) is 1. The van der Waals surface area contributed by atoms with Crippen molar-refractivity contribution < 1.29 is 9.53 Å². The number of carbonyl (C=O) groups is 1. The normalized spacial score (nSPS) is 11.7. The van der Waals surface area contributed by atoms with E-state index >= 15 is 0 Å². The van der Waals surface area contributed by atoms with Crippen molar-refractivity contribution in [1.82, 2.24) is 10.2 Å². The third-order valence-corrected chi connectivity index (χ3v) is 4.95. The first kappa shape index (κ1) is 17.0. The van der Waals surface area contributed by atoms with Gasteiger partial charge >= 0.3 is 0 Å². The molecule has 0 aliphatic rings. The molecule has 2 rings (SSSR count). The van der Waals surface area contributed by atoms with E-state index in [0.717, 1.165) is 14.6 Å². The summed E-state index contributed by atoms with van der Waals surface area (Å²) in [5.41, 5.74) is 0. The monoisotopic (exact) mass is 399 g/mol. The Morgan fingerprint density at radius 1 is 1.50 bits per heavy atom. The van der Waals surface area contributed by atoms with Crippen molar-refractivity contribution in [1.29, 1.82) is 0 Å². The SMILES string of the molecule is C=CCSc1nnc(NC(=O)[C@H](C)Oc2ccc(Br)cc2)s1. The van der Waals surface area contributed by atoms with Gasteiger partial charge in [-0.1, -0.05) is 45.1 Å². The highest BCUT2D eigenvalue weighted by Gasteiger charge is 2.17. The number of nitrogens with zero attached hydrogens (tertiary/aromatic N) is 2. The Kier molecular flexibility index (Phi) is 6.41. The molecule has 116 valence electrons. The molecular formula is C14H14BrN3O2S2. The molecular weight excluding hydrogens is 386 g/mol. The molecule has 5 nitrogen and oxygen atoms in total. The number of aromatic nitrogens is 2. The summed E-state index contributed by atoms with van der Waals surface area (Å²) in [6, 6.07) is 7.30. The quantitative estimate of drug-likeness (QED) is 0.433. The van der Waals surface area contributed by atoms with Gasteiger partial charge in [-0.15, -0.1) is 16.8 Å². The highest BCUT2D eigenvalue weighted by molar-refractivity contribution is 9.10. The van der Waals surface area contributed by atoms with Crippen molar-refractivity contribution in [2.24, 2.45) is 0 Å². The van der Waals surface area contributed by atoms with Crippen LogP contribution in [0.2, 0.25) is 0 Å². The number of thioether (sulfide) groups is 1. The first-order chi connectivity index (χ1) is 10.6. The van der Waals surface area contributed by atoms with Gasteiger partial charge in [0, 0.05) is 10.2 Å². The number of benzene rings is 1. The fraction of sp³-hybridized carbons (Fsp3) is 0.214. The molecule has 0 saturated carbocycles. The second-order valence-electron chi connectivity index (χ2n) is 4.18. The molecule has 1 aromatic carbocycles. The van der Waals surface area contributed by atoms with Gasteiger partial charge in [-0.2, -0.15) is 0 Å². The molecule has 22 heavy (non-hydrogen) atoms. The number of rotatable bonds is 7. The van der Waals surface area contributed by atoms with Crippen molar-refractivity contribution in [3.05, 3.63) is 41.4 Å². The molecule has 0 aliphatic carbocycles. The van der Waals surface area contributed by atoms with Gasteiger partial charge in [0.15, 0.2) is 10.4 Å². The van der Waals surface area contributed by atoms with Crippen LogP contribution in [0.15, 0.2) is 45.7 Å². The smallest absolute Gasteiger partial charge is 0.266 e. The lowest BCUT2D eigenvalue weighted by atomic mass is 10.3. The average molecular weight is 400 g/mol. The Morgan fingerprint density at radius 3 is 2.91 bits per heavy atom. The molecule has 0 fully saturated rings. The second-order valence-corrected chi connectivity index (χ2v) is 7.34. The molecule has 1 heterocycles. The minimum absolute atomic E-state index is 0.265. The lowest BCUT2D eigenvalue weighted by Gasteiger charge is -2.13. The van der Waals surface area contributed by atoms with Gasteiger partial charge < -0.3 is 4.74 Å². The maximum Gasteiger partial charge on any atom is 0.266 e. The van der Waals surface area contributed by atoms with Crippen LogP contribution in [-0.2, 0) is 4.79 Å². The Bertz CT molecular complexity index is 646. The fourth-order valence-electron chi connectivity index (χ4n) is 1.43. The van der Waals surface area contributed by atoms with Crippen molar-refractivity contribution in [3.8, 4) is 5.75 Å². The van der Waals surface area contributed by atoms with E-state index in [1.165, 1.54) is 23.1 Å². The van der Waals surface area contributed by atoms with Gasteiger partial charge in [-0.3, -0.25) is 10.1 Å². The Balaban J connectivity index is 1.89. The van der Waals surface area contributed by atoms with Crippen molar-refractivity contribution >= 4 is 50.1 Å². The number of amides is 1. The van der Waals surface area contributed by atoms with Crippen LogP contribution in [0.4, 0.5) is 5.13 Å². The number of anilines is 1. The van der Waals surface area contributed by atoms with E-state index in [0.29, 0.717) is 10.9 Å². The van der Waals surface area contributed by atoms with Gasteiger partial charge in [-0.05, 0) is 31.2 Å². The number of nitrogens with one attached hydrogen (secondary N) is 1.